The van der Waals surface area contributed by atoms with E-state index in [0.717, 1.165) is 0 Å². The molecule has 24 heteroatoms. The number of nitrogens with two attached hydrogens (primary N) is 5. The van der Waals surface area contributed by atoms with Crippen LogP contribution >= 0.6 is 0 Å². The summed E-state index contributed by atoms with van der Waals surface area (Å²) in [6.45, 7) is 3.10. The second-order valence-corrected chi connectivity index (χ2v) is 13.3. The van der Waals surface area contributed by atoms with Gasteiger partial charge in [-0.1, -0.05) is 13.8 Å². The van der Waals surface area contributed by atoms with Crippen LogP contribution in [0.4, 0.5) is 0 Å². The van der Waals surface area contributed by atoms with Gasteiger partial charge in [0.1, 0.15) is 30.2 Å². The summed E-state index contributed by atoms with van der Waals surface area (Å²) in [6, 6.07) is -7.72. The number of aliphatic carboxylic acids is 1. The summed E-state index contributed by atoms with van der Waals surface area (Å²) >= 11 is 0. The van der Waals surface area contributed by atoms with E-state index < -0.39 is 84.3 Å². The molecule has 0 aromatic heterocycles. The molecule has 0 spiro atoms. The van der Waals surface area contributed by atoms with Crippen molar-refractivity contribution < 1.29 is 39.0 Å². The molecule has 0 radical (unpaired) electrons. The molecule has 0 aliphatic carbocycles. The van der Waals surface area contributed by atoms with Gasteiger partial charge in [0.05, 0.1) is 12.6 Å². The number of rotatable bonds is 29. The Morgan fingerprint density at radius 1 is 0.554 bits per heavy atom. The predicted octanol–water partition coefficient (Wildman–Crippen LogP) is -5.61. The van der Waals surface area contributed by atoms with Crippen molar-refractivity contribution in [2.24, 2.45) is 34.6 Å². The predicted molar refractivity (Wildman–Crippen MR) is 208 cm³/mol. The topological polar surface area (TPSA) is 441 Å². The first-order chi connectivity index (χ1) is 26.3. The molecule has 0 unspecified atom stereocenters. The number of carbonyl (C=O) groups is 6. The second-order valence-electron chi connectivity index (χ2n) is 13.3. The molecule has 24 nitrogen and oxygen atoms in total. The Balaban J connectivity index is 6.23. The van der Waals surface area contributed by atoms with Crippen LogP contribution < -0.4 is 71.2 Å². The van der Waals surface area contributed by atoms with Crippen LogP contribution in [0.15, 0.2) is 0 Å². The van der Waals surface area contributed by atoms with Gasteiger partial charge in [0, 0.05) is 19.6 Å². The van der Waals surface area contributed by atoms with E-state index in [9.17, 15) is 39.0 Å². The molecule has 0 heterocycles. The largest absolute Gasteiger partial charge is 0.480 e. The molecule has 0 aromatic rings. The number of guanidine groups is 3. The Hall–Kier alpha value is -5.49. The third-order valence-electron chi connectivity index (χ3n) is 8.21. The van der Waals surface area contributed by atoms with Crippen LogP contribution in [0.25, 0.3) is 0 Å². The average molecular weight is 801 g/mol. The average Bonchev–Trinajstić information content (AvgIpc) is 3.12. The van der Waals surface area contributed by atoms with Crippen molar-refractivity contribution >= 4 is 53.4 Å². The van der Waals surface area contributed by atoms with Gasteiger partial charge in [-0.2, -0.15) is 0 Å². The van der Waals surface area contributed by atoms with Crippen molar-refractivity contribution in [3.8, 4) is 0 Å². The Labute approximate surface area is 326 Å². The Kier molecular flexibility index (Phi) is 25.3. The van der Waals surface area contributed by atoms with Crippen LogP contribution in [0.5, 0.6) is 0 Å². The maximum absolute atomic E-state index is 13.8. The summed E-state index contributed by atoms with van der Waals surface area (Å²) in [5.41, 5.74) is 27.7. The molecule has 0 fully saturated rings. The number of hydrogen-bond donors (Lipinski definition) is 18. The van der Waals surface area contributed by atoms with Crippen LogP contribution in [0.1, 0.15) is 71.6 Å². The van der Waals surface area contributed by atoms with Crippen molar-refractivity contribution in [2.75, 3.05) is 32.8 Å². The van der Waals surface area contributed by atoms with Gasteiger partial charge in [-0.25, -0.2) is 4.79 Å². The highest BCUT2D eigenvalue weighted by Gasteiger charge is 2.33. The fraction of sp³-hybridized carbons (Fsp3) is 0.719. The van der Waals surface area contributed by atoms with Gasteiger partial charge < -0.3 is 81.4 Å². The van der Waals surface area contributed by atoms with E-state index in [1.54, 1.807) is 13.8 Å². The van der Waals surface area contributed by atoms with Crippen LogP contribution in [0.2, 0.25) is 0 Å². The zero-order chi connectivity index (χ0) is 42.8. The maximum atomic E-state index is 13.8. The van der Waals surface area contributed by atoms with Crippen molar-refractivity contribution in [3.05, 3.63) is 0 Å². The number of aliphatic hydroxyl groups is 1. The first-order valence-corrected chi connectivity index (χ1v) is 18.4. The van der Waals surface area contributed by atoms with E-state index in [1.165, 1.54) is 0 Å². The Bertz CT molecular complexity index is 1320. The lowest BCUT2D eigenvalue weighted by Gasteiger charge is -2.27. The van der Waals surface area contributed by atoms with Gasteiger partial charge in [0.15, 0.2) is 17.9 Å². The molecule has 23 N–H and O–H groups in total. The summed E-state index contributed by atoms with van der Waals surface area (Å²) in [5.74, 6) is -6.81. The summed E-state index contributed by atoms with van der Waals surface area (Å²) in [4.78, 5) is 78.5. The lowest BCUT2D eigenvalue weighted by Crippen LogP contribution is -2.60. The van der Waals surface area contributed by atoms with Crippen molar-refractivity contribution in [2.45, 2.75) is 108 Å². The van der Waals surface area contributed by atoms with Gasteiger partial charge in [-0.3, -0.25) is 40.2 Å². The molecule has 320 valence electrons. The zero-order valence-corrected chi connectivity index (χ0v) is 32.2. The summed E-state index contributed by atoms with van der Waals surface area (Å²) in [7, 11) is 0. The SMILES string of the molecule is CC(C)[C@H](NC(=O)[C@H](CO)NC(=O)[C@H](CCCNC(=N)N)NC(=O)[C@H](CCCCN)NC(=O)[C@H](CCCNC(=N)N)NC(=O)[C@@H](N)CCCNC(=N)N)C(=O)O. The maximum Gasteiger partial charge on any atom is 0.326 e. The Morgan fingerprint density at radius 3 is 1.27 bits per heavy atom. The molecule has 0 aromatic carbocycles. The van der Waals surface area contributed by atoms with Crippen LogP contribution in [-0.2, 0) is 28.8 Å². The lowest BCUT2D eigenvalue weighted by atomic mass is 10.0. The molecule has 6 atom stereocenters. The summed E-state index contributed by atoms with van der Waals surface area (Å²) in [5, 5.41) is 61.6. The standard InChI is InChI=1S/C32H64N16O8/c1-17(2)23(29(55)56)48-28(54)22(16-49)47-27(53)21(11-7-15-43-32(39)40)46-25(51)19(9-3-4-12-33)45-26(52)20(10-6-14-42-31(37)38)44-24(50)18(34)8-5-13-41-30(35)36/h17-23,49H,3-16,33-34H2,1-2H3,(H,44,50)(H,45,52)(H,46,51)(H,47,53)(H,48,54)(H,55,56)(H4,35,36,41)(H4,37,38,42)(H4,39,40,43)/t18-,19-,20-,21-,22-,23-/m0/s1. The fourth-order valence-electron chi connectivity index (χ4n) is 5.09. The second kappa shape index (κ2) is 28.0. The highest BCUT2D eigenvalue weighted by Crippen LogP contribution is 2.08. The number of carbonyl (C=O) groups excluding carboxylic acids is 5. The van der Waals surface area contributed by atoms with E-state index in [4.69, 9.17) is 44.9 Å². The molecule has 5 amide bonds. The molecular weight excluding hydrogens is 736 g/mol. The quantitative estimate of drug-likeness (QED) is 0.0190. The van der Waals surface area contributed by atoms with Crippen LogP contribution in [0.3, 0.4) is 0 Å². The molecule has 0 rings (SSSR count). The van der Waals surface area contributed by atoms with E-state index in [-0.39, 0.29) is 76.0 Å². The number of carboxylic acid groups (broad SMARTS) is 1. The van der Waals surface area contributed by atoms with Gasteiger partial charge in [0.25, 0.3) is 0 Å². The number of aliphatic hydroxyl groups excluding tert-OH is 1. The number of hydrogen-bond acceptors (Lipinski definition) is 12. The van der Waals surface area contributed by atoms with E-state index in [2.05, 4.69) is 42.5 Å². The van der Waals surface area contributed by atoms with Gasteiger partial charge in [-0.15, -0.1) is 0 Å². The molecule has 56 heavy (non-hydrogen) atoms. The smallest absolute Gasteiger partial charge is 0.326 e. The monoisotopic (exact) mass is 801 g/mol. The number of unbranched alkanes of at least 4 members (excludes halogenated alkanes) is 1. The first kappa shape index (κ1) is 50.5. The lowest BCUT2D eigenvalue weighted by molar-refractivity contribution is -0.143. The minimum Gasteiger partial charge on any atom is -0.480 e. The number of amides is 5. The first-order valence-electron chi connectivity index (χ1n) is 18.4. The number of carboxylic acids is 1. The number of nitrogens with one attached hydrogen (secondary N) is 11. The van der Waals surface area contributed by atoms with Gasteiger partial charge in [0.2, 0.25) is 29.5 Å². The van der Waals surface area contributed by atoms with Crippen LogP contribution in [-0.4, -0.2) is 133 Å². The molecular formula is C32H64N16O8. The molecule has 0 saturated carbocycles. The van der Waals surface area contributed by atoms with Crippen LogP contribution in [0, 0.1) is 22.1 Å². The molecule has 0 aliphatic heterocycles. The van der Waals surface area contributed by atoms with Crippen molar-refractivity contribution in [1.29, 1.82) is 16.2 Å². The van der Waals surface area contributed by atoms with Gasteiger partial charge in [-0.05, 0) is 70.3 Å². The normalized spacial score (nSPS) is 14.0. The fourth-order valence-corrected chi connectivity index (χ4v) is 5.09. The highest BCUT2D eigenvalue weighted by atomic mass is 16.4. The minimum absolute atomic E-state index is 0.0476. The van der Waals surface area contributed by atoms with E-state index in [0.29, 0.717) is 25.8 Å². The van der Waals surface area contributed by atoms with Crippen molar-refractivity contribution in [3.63, 3.8) is 0 Å². The minimum atomic E-state index is -1.59. The molecule has 0 bridgehead atoms. The zero-order valence-electron chi connectivity index (χ0n) is 32.2. The third-order valence-corrected chi connectivity index (χ3v) is 8.21. The summed E-state index contributed by atoms with van der Waals surface area (Å²) < 4.78 is 0. The van der Waals surface area contributed by atoms with E-state index >= 15 is 0 Å². The molecule has 0 saturated heterocycles. The van der Waals surface area contributed by atoms with Crippen molar-refractivity contribution in [1.82, 2.24) is 42.5 Å². The van der Waals surface area contributed by atoms with Gasteiger partial charge >= 0.3 is 5.97 Å². The summed E-state index contributed by atoms with van der Waals surface area (Å²) in [6.07, 6.45) is 1.93. The third kappa shape index (κ3) is 22.0. The highest BCUT2D eigenvalue weighted by molar-refractivity contribution is 5.96. The Morgan fingerprint density at radius 2 is 0.911 bits per heavy atom. The van der Waals surface area contributed by atoms with E-state index in [1.807, 2.05) is 0 Å². The molecule has 0 aliphatic rings.